The predicted octanol–water partition coefficient (Wildman–Crippen LogP) is 0.405. The van der Waals surface area contributed by atoms with Gasteiger partial charge in [-0.25, -0.2) is 0 Å². The molecule has 128 valence electrons. The van der Waals surface area contributed by atoms with E-state index in [1.807, 2.05) is 13.2 Å². The van der Waals surface area contributed by atoms with Crippen molar-refractivity contribution in [3.8, 4) is 0 Å². The molecule has 2 aliphatic rings. The number of nitrogens with zero attached hydrogens (tertiary/aromatic N) is 4. The van der Waals surface area contributed by atoms with Crippen molar-refractivity contribution in [2.75, 3.05) is 31.1 Å². The monoisotopic (exact) mass is 341 g/mol. The largest absolute Gasteiger partial charge is 0.331 e. The number of rotatable bonds is 2. The molecule has 2 fully saturated rings. The molecule has 8 heteroatoms. The lowest BCUT2D eigenvalue weighted by molar-refractivity contribution is -0.141. The Kier molecular flexibility index (Phi) is 5.64. The smallest absolute Gasteiger partial charge is 0.246 e. The Bertz CT molecular complexity index is 576. The number of aryl methyl sites for hydroxylation is 1. The number of nitrogens with one attached hydrogen (secondary N) is 1. The molecule has 1 aromatic heterocycles. The van der Waals surface area contributed by atoms with E-state index in [2.05, 4.69) is 17.3 Å². The van der Waals surface area contributed by atoms with Crippen LogP contribution in [0.3, 0.4) is 0 Å². The Morgan fingerprint density at radius 1 is 1.39 bits per heavy atom. The number of amides is 2. The summed E-state index contributed by atoms with van der Waals surface area (Å²) in [5.74, 6) is 0.149. The second-order valence-corrected chi connectivity index (χ2v) is 6.25. The minimum Gasteiger partial charge on any atom is -0.331 e. The molecule has 2 amide bonds. The number of aromatic nitrogens is 2. The molecule has 2 saturated heterocycles. The van der Waals surface area contributed by atoms with E-state index < -0.39 is 0 Å². The first-order valence-corrected chi connectivity index (χ1v) is 7.86. The number of anilines is 1. The molecule has 0 radical (unpaired) electrons. The summed E-state index contributed by atoms with van der Waals surface area (Å²) < 4.78 is 1.68. The van der Waals surface area contributed by atoms with Crippen LogP contribution in [0.4, 0.5) is 5.69 Å². The van der Waals surface area contributed by atoms with Gasteiger partial charge in [0, 0.05) is 38.3 Å². The first-order chi connectivity index (χ1) is 10.5. The van der Waals surface area contributed by atoms with Crippen LogP contribution in [0.15, 0.2) is 12.4 Å². The molecule has 7 nitrogen and oxygen atoms in total. The molecule has 0 unspecified atom stereocenters. The van der Waals surface area contributed by atoms with Gasteiger partial charge in [0.15, 0.2) is 0 Å². The van der Waals surface area contributed by atoms with Gasteiger partial charge in [-0.2, -0.15) is 5.10 Å². The zero-order valence-corrected chi connectivity index (χ0v) is 14.4. The van der Waals surface area contributed by atoms with Crippen LogP contribution in [-0.2, 0) is 16.6 Å². The summed E-state index contributed by atoms with van der Waals surface area (Å²) >= 11 is 0. The first-order valence-electron chi connectivity index (χ1n) is 7.86. The fourth-order valence-corrected chi connectivity index (χ4v) is 3.30. The Balaban J connectivity index is 0.00000192. The lowest BCUT2D eigenvalue weighted by atomic mass is 9.92. The highest BCUT2D eigenvalue weighted by molar-refractivity contribution is 5.98. The molecule has 1 N–H and O–H groups in total. The van der Waals surface area contributed by atoms with Crippen LogP contribution in [0.1, 0.15) is 19.8 Å². The lowest BCUT2D eigenvalue weighted by Crippen LogP contribution is -2.54. The molecule has 23 heavy (non-hydrogen) atoms. The lowest BCUT2D eigenvalue weighted by Gasteiger charge is -2.37. The predicted molar refractivity (Wildman–Crippen MR) is 89.6 cm³/mol. The van der Waals surface area contributed by atoms with E-state index in [0.717, 1.165) is 25.1 Å². The Morgan fingerprint density at radius 2 is 2.17 bits per heavy atom. The molecular weight excluding hydrogens is 318 g/mol. The van der Waals surface area contributed by atoms with Crippen LogP contribution < -0.4 is 10.2 Å². The van der Waals surface area contributed by atoms with Gasteiger partial charge in [0.05, 0.1) is 11.9 Å². The fourth-order valence-electron chi connectivity index (χ4n) is 3.30. The molecule has 0 aliphatic carbocycles. The van der Waals surface area contributed by atoms with E-state index in [1.54, 1.807) is 20.7 Å². The molecule has 0 aromatic carbocycles. The summed E-state index contributed by atoms with van der Waals surface area (Å²) in [6, 6.07) is 0.370. The van der Waals surface area contributed by atoms with Crippen molar-refractivity contribution in [1.29, 1.82) is 0 Å². The van der Waals surface area contributed by atoms with E-state index >= 15 is 0 Å². The van der Waals surface area contributed by atoms with Crippen LogP contribution in [0.5, 0.6) is 0 Å². The normalized spacial score (nSPS) is 25.2. The molecule has 0 spiro atoms. The summed E-state index contributed by atoms with van der Waals surface area (Å²) in [5, 5.41) is 7.45. The van der Waals surface area contributed by atoms with Crippen molar-refractivity contribution in [3.63, 3.8) is 0 Å². The SMILES string of the molecule is C[C@H]1C[C@@H](C(=O)N2CCN(c3cnn(C)c3)C(=O)C2)CCN1.Cl. The van der Waals surface area contributed by atoms with Gasteiger partial charge in [-0.15, -0.1) is 12.4 Å². The maximum absolute atomic E-state index is 12.6. The Hall–Kier alpha value is -1.60. The van der Waals surface area contributed by atoms with Gasteiger partial charge in [0.25, 0.3) is 0 Å². The molecule has 0 saturated carbocycles. The van der Waals surface area contributed by atoms with E-state index in [9.17, 15) is 9.59 Å². The van der Waals surface area contributed by atoms with E-state index in [-0.39, 0.29) is 36.7 Å². The van der Waals surface area contributed by atoms with Crippen molar-refractivity contribution in [3.05, 3.63) is 12.4 Å². The number of halogens is 1. The van der Waals surface area contributed by atoms with Gasteiger partial charge < -0.3 is 15.1 Å². The van der Waals surface area contributed by atoms with Gasteiger partial charge in [0.1, 0.15) is 6.54 Å². The van der Waals surface area contributed by atoms with Crippen LogP contribution in [0, 0.1) is 5.92 Å². The highest BCUT2D eigenvalue weighted by atomic mass is 35.5. The standard InChI is InChI=1S/C15H23N5O2.ClH/c1-11-7-12(3-4-16-11)15(22)19-5-6-20(14(21)10-19)13-8-17-18(2)9-13;/h8-9,11-12,16H,3-7,10H2,1-2H3;1H/t11-,12-;/m0./s1. The number of piperidine rings is 1. The van der Waals surface area contributed by atoms with Crippen LogP contribution in [0.2, 0.25) is 0 Å². The quantitative estimate of drug-likeness (QED) is 0.845. The number of hydrogen-bond acceptors (Lipinski definition) is 4. The summed E-state index contributed by atoms with van der Waals surface area (Å²) in [7, 11) is 1.83. The molecule has 1 aromatic rings. The van der Waals surface area contributed by atoms with E-state index in [0.29, 0.717) is 19.1 Å². The van der Waals surface area contributed by atoms with Crippen LogP contribution in [-0.4, -0.2) is 58.7 Å². The third-order valence-corrected chi connectivity index (χ3v) is 4.51. The highest BCUT2D eigenvalue weighted by Crippen LogP contribution is 2.21. The average molecular weight is 342 g/mol. The maximum atomic E-state index is 12.6. The number of hydrogen-bond donors (Lipinski definition) is 1. The second kappa shape index (κ2) is 7.31. The molecule has 2 atom stereocenters. The third kappa shape index (κ3) is 3.84. The third-order valence-electron chi connectivity index (χ3n) is 4.51. The minimum absolute atomic E-state index is 0. The van der Waals surface area contributed by atoms with Crippen molar-refractivity contribution < 1.29 is 9.59 Å². The number of piperazine rings is 1. The second-order valence-electron chi connectivity index (χ2n) is 6.25. The topological polar surface area (TPSA) is 70.5 Å². The van der Waals surface area contributed by atoms with Gasteiger partial charge in [0.2, 0.25) is 11.8 Å². The van der Waals surface area contributed by atoms with Gasteiger partial charge >= 0.3 is 0 Å². The number of carbonyl (C=O) groups is 2. The average Bonchev–Trinajstić information content (AvgIpc) is 2.92. The Labute approximate surface area is 142 Å². The summed E-state index contributed by atoms with van der Waals surface area (Å²) in [6.07, 6.45) is 5.23. The first kappa shape index (κ1) is 17.7. The molecule has 0 bridgehead atoms. The fraction of sp³-hybridized carbons (Fsp3) is 0.667. The summed E-state index contributed by atoms with van der Waals surface area (Å²) in [4.78, 5) is 28.4. The van der Waals surface area contributed by atoms with Crippen molar-refractivity contribution in [1.82, 2.24) is 20.0 Å². The minimum atomic E-state index is -0.0328. The van der Waals surface area contributed by atoms with E-state index in [4.69, 9.17) is 0 Å². The van der Waals surface area contributed by atoms with Crippen molar-refractivity contribution in [2.24, 2.45) is 13.0 Å². The zero-order valence-electron chi connectivity index (χ0n) is 13.6. The zero-order chi connectivity index (χ0) is 15.7. The summed E-state index contributed by atoms with van der Waals surface area (Å²) in [5.41, 5.74) is 0.801. The van der Waals surface area contributed by atoms with Crippen LogP contribution >= 0.6 is 12.4 Å². The van der Waals surface area contributed by atoms with Gasteiger partial charge in [-0.1, -0.05) is 0 Å². The van der Waals surface area contributed by atoms with Gasteiger partial charge in [-0.05, 0) is 26.3 Å². The summed E-state index contributed by atoms with van der Waals surface area (Å²) in [6.45, 7) is 4.28. The van der Waals surface area contributed by atoms with E-state index in [1.165, 1.54) is 0 Å². The highest BCUT2D eigenvalue weighted by Gasteiger charge is 2.33. The molecule has 2 aliphatic heterocycles. The molecule has 3 heterocycles. The van der Waals surface area contributed by atoms with Crippen molar-refractivity contribution in [2.45, 2.75) is 25.8 Å². The Morgan fingerprint density at radius 3 is 2.78 bits per heavy atom. The maximum Gasteiger partial charge on any atom is 0.246 e. The molecule has 3 rings (SSSR count). The molecular formula is C15H24ClN5O2. The number of carbonyl (C=O) groups excluding carboxylic acids is 2. The van der Waals surface area contributed by atoms with Gasteiger partial charge in [-0.3, -0.25) is 14.3 Å². The van der Waals surface area contributed by atoms with Crippen molar-refractivity contribution >= 4 is 29.9 Å². The van der Waals surface area contributed by atoms with Crippen LogP contribution in [0.25, 0.3) is 0 Å².